The minimum Gasteiger partial charge on any atom is -0.396 e. The van der Waals surface area contributed by atoms with Crippen molar-refractivity contribution in [3.05, 3.63) is 35.4 Å². The molecule has 0 radical (unpaired) electrons. The summed E-state index contributed by atoms with van der Waals surface area (Å²) >= 11 is 0. The number of hydrogen-bond acceptors (Lipinski definition) is 1. The molecule has 0 aliphatic heterocycles. The van der Waals surface area contributed by atoms with Gasteiger partial charge in [-0.2, -0.15) is 0 Å². The minimum absolute atomic E-state index is 0.174. The number of aliphatic hydroxyl groups is 1. The molecule has 1 aromatic carbocycles. The minimum atomic E-state index is 0.174. The van der Waals surface area contributed by atoms with Crippen molar-refractivity contribution in [1.29, 1.82) is 0 Å². The molecule has 0 heterocycles. The Morgan fingerprint density at radius 1 is 1.43 bits per heavy atom. The highest BCUT2D eigenvalue weighted by atomic mass is 16.3. The zero-order chi connectivity index (χ0) is 10.0. The summed E-state index contributed by atoms with van der Waals surface area (Å²) in [5.41, 5.74) is 2.34. The number of terminal acetylenes is 1. The molecule has 0 spiro atoms. The molecule has 1 saturated carbocycles. The zero-order valence-corrected chi connectivity index (χ0v) is 8.16. The largest absolute Gasteiger partial charge is 0.396 e. The Balaban J connectivity index is 2.14. The first-order valence-electron chi connectivity index (χ1n) is 4.94. The molecule has 14 heavy (non-hydrogen) atoms. The lowest BCUT2D eigenvalue weighted by Gasteiger charge is -2.11. The summed E-state index contributed by atoms with van der Waals surface area (Å²) in [6.07, 6.45) is 8.57. The van der Waals surface area contributed by atoms with Gasteiger partial charge in [0.15, 0.2) is 0 Å². The van der Waals surface area contributed by atoms with Crippen LogP contribution in [-0.4, -0.2) is 11.7 Å². The van der Waals surface area contributed by atoms with E-state index in [0.29, 0.717) is 6.61 Å². The van der Waals surface area contributed by atoms with E-state index < -0.39 is 0 Å². The van der Waals surface area contributed by atoms with Crippen molar-refractivity contribution in [2.75, 3.05) is 6.61 Å². The summed E-state index contributed by atoms with van der Waals surface area (Å²) in [5.74, 6) is 2.63. The first-order chi connectivity index (χ1) is 6.78. The monoisotopic (exact) mass is 186 g/mol. The lowest BCUT2D eigenvalue weighted by molar-refractivity contribution is 0.211. The van der Waals surface area contributed by atoms with E-state index in [4.69, 9.17) is 6.42 Å². The average Bonchev–Trinajstić information content (AvgIpc) is 2.99. The molecule has 1 fully saturated rings. The maximum absolute atomic E-state index is 9.20. The Morgan fingerprint density at radius 3 is 2.79 bits per heavy atom. The molecule has 2 rings (SSSR count). The van der Waals surface area contributed by atoms with E-state index >= 15 is 0 Å². The molecule has 1 aliphatic carbocycles. The van der Waals surface area contributed by atoms with Crippen LogP contribution in [0.1, 0.15) is 24.0 Å². The second-order valence-electron chi connectivity index (χ2n) is 4.18. The van der Waals surface area contributed by atoms with Crippen LogP contribution < -0.4 is 0 Å². The normalized spacial score (nSPS) is 17.4. The number of rotatable bonds is 3. The van der Waals surface area contributed by atoms with Crippen molar-refractivity contribution in [3.8, 4) is 12.3 Å². The highest BCUT2D eigenvalue weighted by Crippen LogP contribution is 2.47. The predicted octanol–water partition coefficient (Wildman–Crippen LogP) is 1.98. The van der Waals surface area contributed by atoms with Crippen LogP contribution in [0.3, 0.4) is 0 Å². The van der Waals surface area contributed by atoms with Gasteiger partial charge in [0.25, 0.3) is 0 Å². The molecule has 1 nitrogen and oxygen atoms in total. The molecular weight excluding hydrogens is 172 g/mol. The molecule has 1 N–H and O–H groups in total. The molecular formula is C13H14O. The Morgan fingerprint density at radius 2 is 2.21 bits per heavy atom. The SMILES string of the molecule is C#Cc1cccc(CC2(CO)CC2)c1. The summed E-state index contributed by atoms with van der Waals surface area (Å²) in [5, 5.41) is 9.20. The second-order valence-corrected chi connectivity index (χ2v) is 4.18. The van der Waals surface area contributed by atoms with E-state index in [1.54, 1.807) is 0 Å². The van der Waals surface area contributed by atoms with Crippen molar-refractivity contribution in [3.63, 3.8) is 0 Å². The van der Waals surface area contributed by atoms with E-state index in [1.165, 1.54) is 5.56 Å². The Bertz CT molecular complexity index is 369. The molecule has 0 saturated heterocycles. The van der Waals surface area contributed by atoms with Crippen molar-refractivity contribution in [1.82, 2.24) is 0 Å². The standard InChI is InChI=1S/C13H14O/c1-2-11-4-3-5-12(8-11)9-13(10-14)6-7-13/h1,3-5,8,14H,6-7,9-10H2. The second kappa shape index (κ2) is 3.48. The topological polar surface area (TPSA) is 20.2 Å². The van der Waals surface area contributed by atoms with Gasteiger partial charge in [0.1, 0.15) is 0 Å². The maximum Gasteiger partial charge on any atom is 0.0490 e. The van der Waals surface area contributed by atoms with Gasteiger partial charge in [-0.3, -0.25) is 0 Å². The van der Waals surface area contributed by atoms with E-state index in [2.05, 4.69) is 12.0 Å². The van der Waals surface area contributed by atoms with Gasteiger partial charge in [-0.05, 0) is 42.4 Å². The summed E-state index contributed by atoms with van der Waals surface area (Å²) in [6, 6.07) is 8.03. The highest BCUT2D eigenvalue weighted by Gasteiger charge is 2.41. The van der Waals surface area contributed by atoms with Gasteiger partial charge in [0, 0.05) is 12.2 Å². The van der Waals surface area contributed by atoms with Crippen molar-refractivity contribution >= 4 is 0 Å². The van der Waals surface area contributed by atoms with Crippen LogP contribution in [-0.2, 0) is 6.42 Å². The third-order valence-corrected chi connectivity index (χ3v) is 2.97. The fourth-order valence-electron chi connectivity index (χ4n) is 1.77. The Hall–Kier alpha value is -1.26. The smallest absolute Gasteiger partial charge is 0.0490 e. The third-order valence-electron chi connectivity index (χ3n) is 2.97. The van der Waals surface area contributed by atoms with E-state index in [0.717, 1.165) is 24.8 Å². The quantitative estimate of drug-likeness (QED) is 0.716. The highest BCUT2D eigenvalue weighted by molar-refractivity contribution is 5.36. The number of aliphatic hydroxyl groups excluding tert-OH is 1. The maximum atomic E-state index is 9.20. The Labute approximate surface area is 84.8 Å². The van der Waals surface area contributed by atoms with Crippen LogP contribution >= 0.6 is 0 Å². The predicted molar refractivity (Wildman–Crippen MR) is 56.8 cm³/mol. The third kappa shape index (κ3) is 1.81. The van der Waals surface area contributed by atoms with Gasteiger partial charge < -0.3 is 5.11 Å². The van der Waals surface area contributed by atoms with Gasteiger partial charge >= 0.3 is 0 Å². The van der Waals surface area contributed by atoms with Crippen LogP contribution in [0.4, 0.5) is 0 Å². The van der Waals surface area contributed by atoms with Gasteiger partial charge in [-0.15, -0.1) is 6.42 Å². The Kier molecular flexibility index (Phi) is 2.31. The van der Waals surface area contributed by atoms with Gasteiger partial charge in [-0.25, -0.2) is 0 Å². The van der Waals surface area contributed by atoms with Crippen molar-refractivity contribution in [2.45, 2.75) is 19.3 Å². The summed E-state index contributed by atoms with van der Waals surface area (Å²) in [7, 11) is 0. The molecule has 0 aromatic heterocycles. The summed E-state index contributed by atoms with van der Waals surface area (Å²) in [4.78, 5) is 0. The summed E-state index contributed by atoms with van der Waals surface area (Å²) in [6.45, 7) is 0.299. The molecule has 72 valence electrons. The first-order valence-corrected chi connectivity index (χ1v) is 4.94. The van der Waals surface area contributed by atoms with Crippen molar-refractivity contribution in [2.24, 2.45) is 5.41 Å². The number of benzene rings is 1. The van der Waals surface area contributed by atoms with E-state index in [-0.39, 0.29) is 5.41 Å². The van der Waals surface area contributed by atoms with Crippen LogP contribution in [0, 0.1) is 17.8 Å². The molecule has 1 aromatic rings. The molecule has 0 bridgehead atoms. The molecule has 0 atom stereocenters. The number of hydrogen-bond donors (Lipinski definition) is 1. The van der Waals surface area contributed by atoms with Crippen LogP contribution in [0.2, 0.25) is 0 Å². The van der Waals surface area contributed by atoms with E-state index in [9.17, 15) is 5.11 Å². The van der Waals surface area contributed by atoms with Gasteiger partial charge in [0.05, 0.1) is 0 Å². The van der Waals surface area contributed by atoms with Crippen LogP contribution in [0.5, 0.6) is 0 Å². The fraction of sp³-hybridized carbons (Fsp3) is 0.385. The molecule has 0 unspecified atom stereocenters. The molecule has 1 aliphatic rings. The van der Waals surface area contributed by atoms with Crippen molar-refractivity contribution < 1.29 is 5.11 Å². The van der Waals surface area contributed by atoms with E-state index in [1.807, 2.05) is 18.2 Å². The zero-order valence-electron chi connectivity index (χ0n) is 8.16. The molecule has 0 amide bonds. The lowest BCUT2D eigenvalue weighted by atomic mass is 9.96. The fourth-order valence-corrected chi connectivity index (χ4v) is 1.77. The average molecular weight is 186 g/mol. The first kappa shape index (κ1) is 9.30. The lowest BCUT2D eigenvalue weighted by Crippen LogP contribution is -2.09. The van der Waals surface area contributed by atoms with Gasteiger partial charge in [0.2, 0.25) is 0 Å². The molecule has 1 heteroatoms. The van der Waals surface area contributed by atoms with Gasteiger partial charge in [-0.1, -0.05) is 18.1 Å². The van der Waals surface area contributed by atoms with Crippen LogP contribution in [0.25, 0.3) is 0 Å². The van der Waals surface area contributed by atoms with Crippen LogP contribution in [0.15, 0.2) is 24.3 Å². The summed E-state index contributed by atoms with van der Waals surface area (Å²) < 4.78 is 0.